The highest BCUT2D eigenvalue weighted by Crippen LogP contribution is 2.39. The van der Waals surface area contributed by atoms with E-state index in [4.69, 9.17) is 0 Å². The van der Waals surface area contributed by atoms with Gasteiger partial charge in [-0.1, -0.05) is 109 Å². The maximum Gasteiger partial charge on any atom is 0.193 e. The molecule has 3 aromatic carbocycles. The van der Waals surface area contributed by atoms with Gasteiger partial charge < -0.3 is 0 Å². The average molecular weight is 367 g/mol. The Hall–Kier alpha value is -2.97. The molecular formula is C25H22OSi. The standard InChI is InChI=1S/C25H22OSi/c1-27(2,20-13-7-4-8-14-20)18-24-22-16-10-9-15-21(22)23(25(24)26)17-19-11-5-3-6-12-19/h3-18H,1-2H3/b23-17+,24-18-. The first kappa shape index (κ1) is 17.4. The molecule has 0 atom stereocenters. The normalized spacial score (nSPS) is 16.7. The summed E-state index contributed by atoms with van der Waals surface area (Å²) in [6.07, 6.45) is 2.01. The molecule has 4 rings (SSSR count). The minimum Gasteiger partial charge on any atom is -0.289 e. The van der Waals surface area contributed by atoms with Crippen molar-refractivity contribution in [3.05, 3.63) is 107 Å². The van der Waals surface area contributed by atoms with Crippen LogP contribution in [0.1, 0.15) is 16.7 Å². The van der Waals surface area contributed by atoms with Gasteiger partial charge in [-0.15, -0.1) is 0 Å². The minimum atomic E-state index is -1.89. The molecule has 0 heterocycles. The maximum atomic E-state index is 13.4. The highest BCUT2D eigenvalue weighted by atomic mass is 28.3. The number of ketones is 1. The number of allylic oxidation sites excluding steroid dienone is 2. The number of hydrogen-bond donors (Lipinski definition) is 0. The summed E-state index contributed by atoms with van der Waals surface area (Å²) < 4.78 is 0. The molecular weight excluding hydrogens is 344 g/mol. The summed E-state index contributed by atoms with van der Waals surface area (Å²) in [5.41, 5.74) is 7.05. The summed E-state index contributed by atoms with van der Waals surface area (Å²) in [4.78, 5) is 13.4. The van der Waals surface area contributed by atoms with E-state index in [9.17, 15) is 4.79 Å². The van der Waals surface area contributed by atoms with Gasteiger partial charge in [0.25, 0.3) is 0 Å². The molecule has 0 fully saturated rings. The lowest BCUT2D eigenvalue weighted by Crippen LogP contribution is -2.39. The SMILES string of the molecule is C[Si](C)(/C=C1\C(=O)/C(=C/c2ccccc2)c2ccccc21)c1ccccc1. The van der Waals surface area contributed by atoms with Gasteiger partial charge in [-0.25, -0.2) is 0 Å². The number of benzene rings is 3. The van der Waals surface area contributed by atoms with E-state index in [0.29, 0.717) is 0 Å². The zero-order chi connectivity index (χ0) is 18.9. The Morgan fingerprint density at radius 3 is 1.81 bits per heavy atom. The van der Waals surface area contributed by atoms with Crippen LogP contribution in [0.5, 0.6) is 0 Å². The van der Waals surface area contributed by atoms with E-state index in [-0.39, 0.29) is 5.78 Å². The van der Waals surface area contributed by atoms with Crippen molar-refractivity contribution in [3.63, 3.8) is 0 Å². The first-order valence-electron chi connectivity index (χ1n) is 9.26. The Morgan fingerprint density at radius 2 is 1.19 bits per heavy atom. The fourth-order valence-electron chi connectivity index (χ4n) is 3.66. The smallest absolute Gasteiger partial charge is 0.193 e. The predicted octanol–water partition coefficient (Wildman–Crippen LogP) is 5.35. The van der Waals surface area contributed by atoms with Gasteiger partial charge in [-0.05, 0) is 22.8 Å². The molecule has 3 aromatic rings. The lowest BCUT2D eigenvalue weighted by molar-refractivity contribution is -0.108. The minimum absolute atomic E-state index is 0.136. The molecule has 2 heteroatoms. The summed E-state index contributed by atoms with van der Waals surface area (Å²) in [7, 11) is -1.89. The van der Waals surface area contributed by atoms with Crippen LogP contribution < -0.4 is 5.19 Å². The second kappa shape index (κ2) is 6.97. The lowest BCUT2D eigenvalue weighted by Gasteiger charge is -2.19. The van der Waals surface area contributed by atoms with E-state index in [1.54, 1.807) is 0 Å². The Bertz CT molecular complexity index is 1040. The summed E-state index contributed by atoms with van der Waals surface area (Å²) >= 11 is 0. The molecule has 0 spiro atoms. The van der Waals surface area contributed by atoms with Crippen molar-refractivity contribution in [2.24, 2.45) is 0 Å². The average Bonchev–Trinajstić information content (AvgIpc) is 2.95. The molecule has 0 bridgehead atoms. The highest BCUT2D eigenvalue weighted by molar-refractivity contribution is 6.95. The van der Waals surface area contributed by atoms with Crippen LogP contribution in [0.4, 0.5) is 0 Å². The van der Waals surface area contributed by atoms with Crippen LogP contribution in [0, 0.1) is 0 Å². The molecule has 132 valence electrons. The second-order valence-corrected chi connectivity index (χ2v) is 11.8. The van der Waals surface area contributed by atoms with Gasteiger partial charge in [-0.2, -0.15) is 0 Å². The third kappa shape index (κ3) is 3.36. The second-order valence-electron chi connectivity index (χ2n) is 7.49. The summed E-state index contributed by atoms with van der Waals surface area (Å²) in [5, 5.41) is 1.34. The molecule has 1 aliphatic rings. The van der Waals surface area contributed by atoms with E-state index >= 15 is 0 Å². The molecule has 27 heavy (non-hydrogen) atoms. The van der Waals surface area contributed by atoms with Gasteiger partial charge in [0.1, 0.15) is 8.07 Å². The molecule has 0 saturated heterocycles. The maximum absolute atomic E-state index is 13.4. The number of carbonyl (C=O) groups is 1. The fraction of sp³-hybridized carbons (Fsp3) is 0.0800. The van der Waals surface area contributed by atoms with Gasteiger partial charge in [0.15, 0.2) is 5.78 Å². The van der Waals surface area contributed by atoms with E-state index < -0.39 is 8.07 Å². The molecule has 0 unspecified atom stereocenters. The number of carbonyl (C=O) groups excluding carboxylic acids is 1. The molecule has 1 aliphatic carbocycles. The van der Waals surface area contributed by atoms with Gasteiger partial charge in [-0.3, -0.25) is 4.79 Å². The largest absolute Gasteiger partial charge is 0.289 e. The van der Waals surface area contributed by atoms with E-state index in [0.717, 1.165) is 27.8 Å². The molecule has 1 nitrogen and oxygen atoms in total. The van der Waals surface area contributed by atoms with Crippen molar-refractivity contribution in [2.75, 3.05) is 0 Å². The van der Waals surface area contributed by atoms with Crippen molar-refractivity contribution < 1.29 is 4.79 Å². The van der Waals surface area contributed by atoms with E-state index in [2.05, 4.69) is 55.2 Å². The van der Waals surface area contributed by atoms with Crippen LogP contribution in [-0.4, -0.2) is 13.9 Å². The highest BCUT2D eigenvalue weighted by Gasteiger charge is 2.32. The number of rotatable bonds is 3. The fourth-order valence-corrected chi connectivity index (χ4v) is 5.88. The van der Waals surface area contributed by atoms with Crippen molar-refractivity contribution >= 4 is 36.3 Å². The topological polar surface area (TPSA) is 17.1 Å². The molecule has 0 aliphatic heterocycles. The van der Waals surface area contributed by atoms with E-state index in [1.165, 1.54) is 5.19 Å². The predicted molar refractivity (Wildman–Crippen MR) is 117 cm³/mol. The van der Waals surface area contributed by atoms with Crippen molar-refractivity contribution in [1.29, 1.82) is 0 Å². The molecule has 0 saturated carbocycles. The van der Waals surface area contributed by atoms with Gasteiger partial charge in [0, 0.05) is 11.1 Å². The summed E-state index contributed by atoms with van der Waals surface area (Å²) in [6.45, 7) is 4.59. The van der Waals surface area contributed by atoms with Crippen LogP contribution >= 0.6 is 0 Å². The number of fused-ring (bicyclic) bond motifs is 1. The van der Waals surface area contributed by atoms with E-state index in [1.807, 2.05) is 54.6 Å². The zero-order valence-corrected chi connectivity index (χ0v) is 16.6. The van der Waals surface area contributed by atoms with Gasteiger partial charge >= 0.3 is 0 Å². The van der Waals surface area contributed by atoms with Crippen LogP contribution in [0.2, 0.25) is 13.1 Å². The first-order valence-corrected chi connectivity index (χ1v) is 12.3. The van der Waals surface area contributed by atoms with Crippen LogP contribution in [0.25, 0.3) is 17.2 Å². The number of Topliss-reactive ketones (excluding diaryl/α,β-unsaturated/α-hetero) is 1. The van der Waals surface area contributed by atoms with Crippen LogP contribution in [-0.2, 0) is 4.79 Å². The third-order valence-electron chi connectivity index (χ3n) is 5.13. The molecule has 0 aromatic heterocycles. The molecule has 0 radical (unpaired) electrons. The Morgan fingerprint density at radius 1 is 0.667 bits per heavy atom. The monoisotopic (exact) mass is 366 g/mol. The quantitative estimate of drug-likeness (QED) is 0.451. The Balaban J connectivity index is 1.84. The van der Waals surface area contributed by atoms with Crippen molar-refractivity contribution in [2.45, 2.75) is 13.1 Å². The Labute approximate surface area is 161 Å². The molecule has 0 N–H and O–H groups in total. The summed E-state index contributed by atoms with van der Waals surface area (Å²) in [5.74, 6) is 0.136. The van der Waals surface area contributed by atoms with Crippen LogP contribution in [0.15, 0.2) is 90.6 Å². The summed E-state index contributed by atoms with van der Waals surface area (Å²) in [6, 6.07) is 28.8. The Kier molecular flexibility index (Phi) is 4.50. The number of hydrogen-bond acceptors (Lipinski definition) is 1. The first-order chi connectivity index (χ1) is 13.1. The zero-order valence-electron chi connectivity index (χ0n) is 15.6. The lowest BCUT2D eigenvalue weighted by atomic mass is 10.0. The third-order valence-corrected chi connectivity index (χ3v) is 7.96. The molecule has 0 amide bonds. The van der Waals surface area contributed by atoms with Crippen LogP contribution in [0.3, 0.4) is 0 Å². The van der Waals surface area contributed by atoms with Gasteiger partial charge in [0.05, 0.1) is 0 Å². The van der Waals surface area contributed by atoms with Gasteiger partial charge in [0.2, 0.25) is 0 Å². The van der Waals surface area contributed by atoms with Crippen molar-refractivity contribution in [1.82, 2.24) is 0 Å². The van der Waals surface area contributed by atoms with Crippen molar-refractivity contribution in [3.8, 4) is 0 Å².